The third-order valence-electron chi connectivity index (χ3n) is 2.93. The van der Waals surface area contributed by atoms with E-state index < -0.39 is 6.04 Å². The van der Waals surface area contributed by atoms with Crippen LogP contribution in [-0.4, -0.2) is 33.3 Å². The molecule has 1 aliphatic carbocycles. The predicted octanol–water partition coefficient (Wildman–Crippen LogP) is 1.06. The Morgan fingerprint density at radius 2 is 2.44 bits per heavy atom. The highest BCUT2D eigenvalue weighted by Gasteiger charge is 2.40. The molecule has 2 aromatic heterocycles. The molecule has 1 aliphatic rings. The molecule has 1 fully saturated rings. The van der Waals surface area contributed by atoms with Crippen molar-refractivity contribution in [1.82, 2.24) is 20.2 Å². The molecule has 7 heteroatoms. The van der Waals surface area contributed by atoms with E-state index in [0.29, 0.717) is 11.6 Å². The first-order chi connectivity index (χ1) is 8.79. The number of aromatic nitrogens is 4. The summed E-state index contributed by atoms with van der Waals surface area (Å²) < 4.78 is 9.96. The van der Waals surface area contributed by atoms with Crippen molar-refractivity contribution in [2.24, 2.45) is 5.92 Å². The fourth-order valence-corrected chi connectivity index (χ4v) is 1.86. The van der Waals surface area contributed by atoms with Crippen LogP contribution < -0.4 is 0 Å². The fraction of sp³-hybridized carbons (Fsp3) is 0.455. The van der Waals surface area contributed by atoms with Gasteiger partial charge in [-0.2, -0.15) is 0 Å². The van der Waals surface area contributed by atoms with E-state index in [1.807, 2.05) is 0 Å². The van der Waals surface area contributed by atoms with Crippen molar-refractivity contribution >= 4 is 5.97 Å². The first-order valence-electron chi connectivity index (χ1n) is 5.71. The van der Waals surface area contributed by atoms with E-state index in [2.05, 4.69) is 15.4 Å². The largest absolute Gasteiger partial charge is 0.467 e. The average Bonchev–Trinajstić information content (AvgIpc) is 2.89. The summed E-state index contributed by atoms with van der Waals surface area (Å²) in [5.74, 6) is 0.812. The van der Waals surface area contributed by atoms with Crippen LogP contribution in [0, 0.1) is 5.92 Å². The van der Waals surface area contributed by atoms with E-state index >= 15 is 0 Å². The molecule has 2 aromatic rings. The third kappa shape index (κ3) is 1.87. The van der Waals surface area contributed by atoms with Gasteiger partial charge in [0, 0.05) is 0 Å². The molecule has 0 amide bonds. The Morgan fingerprint density at radius 3 is 3.06 bits per heavy atom. The van der Waals surface area contributed by atoms with Gasteiger partial charge in [-0.05, 0) is 36.1 Å². The highest BCUT2D eigenvalue weighted by atomic mass is 16.5. The molecule has 1 saturated carbocycles. The summed E-state index contributed by atoms with van der Waals surface area (Å²) in [7, 11) is 1.36. The minimum Gasteiger partial charge on any atom is -0.467 e. The number of hydrogen-bond donors (Lipinski definition) is 0. The van der Waals surface area contributed by atoms with Gasteiger partial charge in [0.25, 0.3) is 0 Å². The first-order valence-corrected chi connectivity index (χ1v) is 5.71. The van der Waals surface area contributed by atoms with Crippen molar-refractivity contribution in [2.75, 3.05) is 7.11 Å². The maximum atomic E-state index is 11.7. The van der Waals surface area contributed by atoms with E-state index in [1.54, 1.807) is 12.1 Å². The van der Waals surface area contributed by atoms with Crippen molar-refractivity contribution in [1.29, 1.82) is 0 Å². The molecule has 0 aliphatic heterocycles. The van der Waals surface area contributed by atoms with E-state index in [0.717, 1.165) is 12.8 Å². The second kappa shape index (κ2) is 4.25. The average molecular weight is 248 g/mol. The molecule has 0 bridgehead atoms. The molecule has 18 heavy (non-hydrogen) atoms. The Bertz CT molecular complexity index is 544. The number of carbonyl (C=O) groups excluding carboxylic acids is 1. The Balaban J connectivity index is 1.89. The minimum atomic E-state index is -0.480. The number of nitrogens with zero attached hydrogens (tertiary/aromatic N) is 4. The standard InChI is InChI=1S/C11H12N4O3/c1-17-11(16)9(7-4-5-7)15-13-10(12-14-15)8-3-2-6-18-8/h2-3,6-7,9H,4-5H2,1H3. The van der Waals surface area contributed by atoms with Gasteiger partial charge in [-0.25, -0.2) is 4.79 Å². The highest BCUT2D eigenvalue weighted by molar-refractivity contribution is 5.74. The minimum absolute atomic E-state index is 0.246. The molecule has 94 valence electrons. The van der Waals surface area contributed by atoms with E-state index in [-0.39, 0.29) is 11.9 Å². The summed E-state index contributed by atoms with van der Waals surface area (Å²) in [5, 5.41) is 12.0. The van der Waals surface area contributed by atoms with E-state index in [9.17, 15) is 4.79 Å². The fourth-order valence-electron chi connectivity index (χ4n) is 1.86. The summed E-state index contributed by atoms with van der Waals surface area (Å²) >= 11 is 0. The van der Waals surface area contributed by atoms with Gasteiger partial charge in [0.2, 0.25) is 5.82 Å². The Labute approximate surface area is 103 Å². The lowest BCUT2D eigenvalue weighted by Gasteiger charge is -2.11. The third-order valence-corrected chi connectivity index (χ3v) is 2.93. The van der Waals surface area contributed by atoms with Gasteiger partial charge in [-0.15, -0.1) is 15.0 Å². The summed E-state index contributed by atoms with van der Waals surface area (Å²) in [6, 6.07) is 3.01. The van der Waals surface area contributed by atoms with Gasteiger partial charge < -0.3 is 9.15 Å². The summed E-state index contributed by atoms with van der Waals surface area (Å²) in [5.41, 5.74) is 0. The van der Waals surface area contributed by atoms with Crippen LogP contribution in [0.2, 0.25) is 0 Å². The quantitative estimate of drug-likeness (QED) is 0.752. The normalized spacial score (nSPS) is 16.5. The van der Waals surface area contributed by atoms with Crippen LogP contribution in [0.25, 0.3) is 11.6 Å². The van der Waals surface area contributed by atoms with Crippen molar-refractivity contribution < 1.29 is 13.9 Å². The van der Waals surface area contributed by atoms with Gasteiger partial charge in [0.05, 0.1) is 13.4 Å². The summed E-state index contributed by atoms with van der Waals surface area (Å²) in [4.78, 5) is 13.0. The number of rotatable bonds is 4. The molecule has 0 aromatic carbocycles. The maximum absolute atomic E-state index is 11.7. The molecule has 0 saturated heterocycles. The van der Waals surface area contributed by atoms with Gasteiger partial charge in [0.15, 0.2) is 11.8 Å². The summed E-state index contributed by atoms with van der Waals surface area (Å²) in [6.07, 6.45) is 3.50. The number of tetrazole rings is 1. The van der Waals surface area contributed by atoms with Crippen molar-refractivity contribution in [2.45, 2.75) is 18.9 Å². The Kier molecular flexibility index (Phi) is 2.58. The number of ether oxygens (including phenoxy) is 1. The lowest BCUT2D eigenvalue weighted by atomic mass is 10.2. The monoisotopic (exact) mass is 248 g/mol. The van der Waals surface area contributed by atoms with Crippen molar-refractivity contribution in [3.63, 3.8) is 0 Å². The zero-order valence-electron chi connectivity index (χ0n) is 9.81. The predicted molar refractivity (Wildman–Crippen MR) is 59.3 cm³/mol. The number of esters is 1. The summed E-state index contributed by atoms with van der Waals surface area (Å²) in [6.45, 7) is 0. The molecular weight excluding hydrogens is 236 g/mol. The Morgan fingerprint density at radius 1 is 1.61 bits per heavy atom. The number of hydrogen-bond acceptors (Lipinski definition) is 6. The lowest BCUT2D eigenvalue weighted by Crippen LogP contribution is -2.25. The van der Waals surface area contributed by atoms with Crippen LogP contribution in [0.1, 0.15) is 18.9 Å². The molecule has 3 rings (SSSR count). The van der Waals surface area contributed by atoms with Gasteiger partial charge in [-0.1, -0.05) is 0 Å². The van der Waals surface area contributed by atoms with Crippen LogP contribution in [-0.2, 0) is 9.53 Å². The zero-order chi connectivity index (χ0) is 12.5. The zero-order valence-corrected chi connectivity index (χ0v) is 9.81. The van der Waals surface area contributed by atoms with Crippen molar-refractivity contribution in [3.05, 3.63) is 18.4 Å². The molecule has 0 spiro atoms. The van der Waals surface area contributed by atoms with Crippen LogP contribution in [0.15, 0.2) is 22.8 Å². The second-order valence-corrected chi connectivity index (χ2v) is 4.22. The van der Waals surface area contributed by atoms with Crippen LogP contribution in [0.4, 0.5) is 0 Å². The first kappa shape index (κ1) is 10.9. The SMILES string of the molecule is COC(=O)C(C1CC1)n1nnc(-c2ccco2)n1. The highest BCUT2D eigenvalue weighted by Crippen LogP contribution is 2.39. The smallest absolute Gasteiger partial charge is 0.332 e. The van der Waals surface area contributed by atoms with E-state index in [4.69, 9.17) is 9.15 Å². The molecule has 2 heterocycles. The van der Waals surface area contributed by atoms with Crippen molar-refractivity contribution in [3.8, 4) is 11.6 Å². The van der Waals surface area contributed by atoms with Crippen LogP contribution >= 0.6 is 0 Å². The van der Waals surface area contributed by atoms with Gasteiger partial charge >= 0.3 is 5.97 Å². The lowest BCUT2D eigenvalue weighted by molar-refractivity contribution is -0.146. The molecule has 0 N–H and O–H groups in total. The van der Waals surface area contributed by atoms with Crippen LogP contribution in [0.3, 0.4) is 0 Å². The van der Waals surface area contributed by atoms with Gasteiger partial charge in [-0.3, -0.25) is 0 Å². The molecule has 0 radical (unpaired) electrons. The molecule has 1 unspecified atom stereocenters. The maximum Gasteiger partial charge on any atom is 0.332 e. The van der Waals surface area contributed by atoms with E-state index in [1.165, 1.54) is 18.2 Å². The number of methoxy groups -OCH3 is 1. The number of furan rings is 1. The molecule has 7 nitrogen and oxygen atoms in total. The second-order valence-electron chi connectivity index (χ2n) is 4.22. The van der Waals surface area contributed by atoms with Crippen LogP contribution in [0.5, 0.6) is 0 Å². The molecule has 1 atom stereocenters. The molecular formula is C11H12N4O3. The number of carbonyl (C=O) groups is 1. The Hall–Kier alpha value is -2.18. The topological polar surface area (TPSA) is 83.0 Å². The van der Waals surface area contributed by atoms with Gasteiger partial charge in [0.1, 0.15) is 0 Å².